The molecule has 0 unspecified atom stereocenters. The number of aliphatic imine (C=N–C) groups is 1. The number of halogens is 1. The maximum absolute atomic E-state index is 4.57. The second-order valence-electron chi connectivity index (χ2n) is 5.12. The molecule has 2 N–H and O–H groups in total. The van der Waals surface area contributed by atoms with Crippen molar-refractivity contribution in [2.45, 2.75) is 13.1 Å². The molecule has 3 rings (SSSR count). The van der Waals surface area contributed by atoms with E-state index in [4.69, 9.17) is 0 Å². The molecule has 0 atom stereocenters. The van der Waals surface area contributed by atoms with Gasteiger partial charge in [0, 0.05) is 49.4 Å². The third-order valence-corrected chi connectivity index (χ3v) is 3.92. The van der Waals surface area contributed by atoms with Crippen LogP contribution >= 0.6 is 15.9 Å². The molecule has 6 nitrogen and oxygen atoms in total. The average Bonchev–Trinajstić information content (AvgIpc) is 3.19. The highest BCUT2D eigenvalue weighted by Crippen LogP contribution is 2.12. The lowest BCUT2D eigenvalue weighted by Crippen LogP contribution is -2.38. The molecule has 120 valence electrons. The van der Waals surface area contributed by atoms with Crippen LogP contribution in [0.15, 0.2) is 58.5 Å². The maximum Gasteiger partial charge on any atom is 0.191 e. The van der Waals surface area contributed by atoms with Crippen LogP contribution in [0.3, 0.4) is 0 Å². The normalized spacial score (nSPS) is 11.8. The minimum Gasteiger partial charge on any atom is -0.355 e. The first-order valence-electron chi connectivity index (χ1n) is 7.43. The number of nitrogens with zero attached hydrogens (tertiary/aromatic N) is 4. The van der Waals surface area contributed by atoms with E-state index in [1.807, 2.05) is 53.5 Å². The molecule has 7 heteroatoms. The molecule has 3 aromatic heterocycles. The van der Waals surface area contributed by atoms with E-state index in [0.717, 1.165) is 34.9 Å². The van der Waals surface area contributed by atoms with Gasteiger partial charge in [-0.05, 0) is 40.2 Å². The number of rotatable bonds is 5. The van der Waals surface area contributed by atoms with Crippen molar-refractivity contribution in [3.05, 3.63) is 59.2 Å². The van der Waals surface area contributed by atoms with Gasteiger partial charge in [-0.3, -0.25) is 4.99 Å². The van der Waals surface area contributed by atoms with Crippen LogP contribution < -0.4 is 10.6 Å². The summed E-state index contributed by atoms with van der Waals surface area (Å²) in [7, 11) is 1.77. The zero-order valence-electron chi connectivity index (χ0n) is 12.9. The number of hydrogen-bond donors (Lipinski definition) is 2. The van der Waals surface area contributed by atoms with E-state index in [1.54, 1.807) is 7.05 Å². The Hall–Kier alpha value is -2.28. The van der Waals surface area contributed by atoms with Gasteiger partial charge in [0.2, 0.25) is 0 Å². The number of imidazole rings is 1. The van der Waals surface area contributed by atoms with Gasteiger partial charge >= 0.3 is 0 Å². The lowest BCUT2D eigenvalue weighted by molar-refractivity contribution is 0.664. The Kier molecular flexibility index (Phi) is 4.97. The van der Waals surface area contributed by atoms with E-state index in [2.05, 4.69) is 41.1 Å². The predicted octanol–water partition coefficient (Wildman–Crippen LogP) is 2.26. The van der Waals surface area contributed by atoms with Gasteiger partial charge in [0.05, 0.1) is 12.2 Å². The largest absolute Gasteiger partial charge is 0.355 e. The minimum atomic E-state index is 0.627. The molecule has 0 aromatic carbocycles. The first-order chi connectivity index (χ1) is 11.2. The number of guanidine groups is 1. The number of nitrogens with one attached hydrogen (secondary N) is 2. The van der Waals surface area contributed by atoms with Crippen molar-refractivity contribution in [1.29, 1.82) is 0 Å². The number of fused-ring (bicyclic) bond motifs is 1. The van der Waals surface area contributed by atoms with Crippen LogP contribution in [0.2, 0.25) is 0 Å². The Labute approximate surface area is 143 Å². The summed E-state index contributed by atoms with van der Waals surface area (Å²) in [6.45, 7) is 2.34. The lowest BCUT2D eigenvalue weighted by Gasteiger charge is -2.11. The average molecular weight is 375 g/mol. The summed E-state index contributed by atoms with van der Waals surface area (Å²) in [4.78, 5) is 8.81. The van der Waals surface area contributed by atoms with Crippen LogP contribution in [0.1, 0.15) is 5.69 Å². The molecule has 0 aliphatic rings. The third-order valence-electron chi connectivity index (χ3n) is 3.45. The zero-order valence-corrected chi connectivity index (χ0v) is 14.5. The topological polar surface area (TPSA) is 58.7 Å². The van der Waals surface area contributed by atoms with Gasteiger partial charge in [-0.15, -0.1) is 0 Å². The SMILES string of the molecule is CN=C(NCCn1cccc1)NCc1cn2cc(Br)ccc2n1. The van der Waals surface area contributed by atoms with E-state index in [-0.39, 0.29) is 0 Å². The second kappa shape index (κ2) is 7.32. The Balaban J connectivity index is 1.52. The second-order valence-corrected chi connectivity index (χ2v) is 6.03. The van der Waals surface area contributed by atoms with Crippen molar-refractivity contribution in [2.75, 3.05) is 13.6 Å². The fourth-order valence-electron chi connectivity index (χ4n) is 2.32. The smallest absolute Gasteiger partial charge is 0.191 e. The summed E-state index contributed by atoms with van der Waals surface area (Å²) in [5, 5.41) is 6.58. The molecule has 23 heavy (non-hydrogen) atoms. The summed E-state index contributed by atoms with van der Waals surface area (Å²) < 4.78 is 5.16. The van der Waals surface area contributed by atoms with Crippen LogP contribution in [0.4, 0.5) is 0 Å². The summed E-state index contributed by atoms with van der Waals surface area (Å²) in [6.07, 6.45) is 8.11. The van der Waals surface area contributed by atoms with E-state index in [0.29, 0.717) is 6.54 Å². The van der Waals surface area contributed by atoms with Crippen molar-refractivity contribution in [2.24, 2.45) is 4.99 Å². The zero-order chi connectivity index (χ0) is 16.1. The van der Waals surface area contributed by atoms with Crippen molar-refractivity contribution in [3.63, 3.8) is 0 Å². The van der Waals surface area contributed by atoms with Crippen molar-refractivity contribution >= 4 is 27.5 Å². The summed E-state index contributed by atoms with van der Waals surface area (Å²) in [6, 6.07) is 8.02. The highest BCUT2D eigenvalue weighted by molar-refractivity contribution is 9.10. The van der Waals surface area contributed by atoms with Gasteiger partial charge < -0.3 is 19.6 Å². The Morgan fingerprint density at radius 2 is 2.04 bits per heavy atom. The highest BCUT2D eigenvalue weighted by atomic mass is 79.9. The molecule has 0 fully saturated rings. The van der Waals surface area contributed by atoms with Crippen LogP contribution in [-0.4, -0.2) is 33.5 Å². The molecule has 0 aliphatic carbocycles. The Bertz CT molecular complexity index is 790. The summed E-state index contributed by atoms with van der Waals surface area (Å²) in [5.74, 6) is 0.774. The van der Waals surface area contributed by atoms with Crippen LogP contribution in [0.5, 0.6) is 0 Å². The molecule has 0 saturated carbocycles. The van der Waals surface area contributed by atoms with Crippen LogP contribution in [-0.2, 0) is 13.1 Å². The van der Waals surface area contributed by atoms with Gasteiger partial charge in [-0.1, -0.05) is 0 Å². The molecule has 0 saturated heterocycles. The molecule has 0 amide bonds. The van der Waals surface area contributed by atoms with E-state index in [9.17, 15) is 0 Å². The maximum atomic E-state index is 4.57. The third kappa shape index (κ3) is 4.13. The van der Waals surface area contributed by atoms with Gasteiger partial charge in [0.25, 0.3) is 0 Å². The standard InChI is InChI=1S/C16H19BrN6/c1-18-16(19-6-9-22-7-2-3-8-22)20-10-14-12-23-11-13(17)4-5-15(23)21-14/h2-5,7-8,11-12H,6,9-10H2,1H3,(H2,18,19,20). The van der Waals surface area contributed by atoms with E-state index < -0.39 is 0 Å². The summed E-state index contributed by atoms with van der Waals surface area (Å²) in [5.41, 5.74) is 1.90. The Morgan fingerprint density at radius 1 is 1.22 bits per heavy atom. The molecule has 0 radical (unpaired) electrons. The van der Waals surface area contributed by atoms with E-state index in [1.165, 1.54) is 0 Å². The van der Waals surface area contributed by atoms with Crippen molar-refractivity contribution in [1.82, 2.24) is 24.6 Å². The van der Waals surface area contributed by atoms with Gasteiger partial charge in [0.1, 0.15) is 5.65 Å². The quantitative estimate of drug-likeness (QED) is 0.531. The summed E-state index contributed by atoms with van der Waals surface area (Å²) >= 11 is 3.46. The molecular weight excluding hydrogens is 356 g/mol. The first kappa shape index (κ1) is 15.6. The van der Waals surface area contributed by atoms with Crippen molar-refractivity contribution in [3.8, 4) is 0 Å². The molecule has 3 heterocycles. The monoisotopic (exact) mass is 374 g/mol. The van der Waals surface area contributed by atoms with Gasteiger partial charge in [0.15, 0.2) is 5.96 Å². The van der Waals surface area contributed by atoms with Gasteiger partial charge in [-0.2, -0.15) is 0 Å². The van der Waals surface area contributed by atoms with Crippen LogP contribution in [0.25, 0.3) is 5.65 Å². The molecule has 0 aliphatic heterocycles. The predicted molar refractivity (Wildman–Crippen MR) is 95.5 cm³/mol. The number of pyridine rings is 1. The molecular formula is C16H19BrN6. The molecule has 0 bridgehead atoms. The fraction of sp³-hybridized carbons (Fsp3) is 0.250. The Morgan fingerprint density at radius 3 is 2.83 bits per heavy atom. The van der Waals surface area contributed by atoms with Crippen LogP contribution in [0, 0.1) is 0 Å². The van der Waals surface area contributed by atoms with Crippen molar-refractivity contribution < 1.29 is 0 Å². The number of aromatic nitrogens is 3. The molecule has 0 spiro atoms. The minimum absolute atomic E-state index is 0.627. The highest BCUT2D eigenvalue weighted by Gasteiger charge is 2.03. The number of hydrogen-bond acceptors (Lipinski definition) is 2. The lowest BCUT2D eigenvalue weighted by atomic mass is 10.5. The molecule has 3 aromatic rings. The fourth-order valence-corrected chi connectivity index (χ4v) is 2.67. The van der Waals surface area contributed by atoms with Gasteiger partial charge in [-0.25, -0.2) is 4.98 Å². The van der Waals surface area contributed by atoms with E-state index >= 15 is 0 Å². The first-order valence-corrected chi connectivity index (χ1v) is 8.22.